The zero-order valence-electron chi connectivity index (χ0n) is 14.9. The van der Waals surface area contributed by atoms with E-state index < -0.39 is 14.6 Å². The summed E-state index contributed by atoms with van der Waals surface area (Å²) in [5, 5.41) is 8.54. The van der Waals surface area contributed by atoms with Crippen LogP contribution in [0.2, 0.25) is 0 Å². The highest BCUT2D eigenvalue weighted by atomic mass is 31.2. The number of rotatable bonds is 19. The molecule has 0 unspecified atom stereocenters. The summed E-state index contributed by atoms with van der Waals surface area (Å²) in [6, 6.07) is 0. The highest BCUT2D eigenvalue weighted by Gasteiger charge is 2.26. The van der Waals surface area contributed by atoms with E-state index in [0.29, 0.717) is 26.4 Å². The molecule has 0 aromatic heterocycles. The van der Waals surface area contributed by atoms with E-state index in [2.05, 4.69) is 13.8 Å². The summed E-state index contributed by atoms with van der Waals surface area (Å²) in [5.74, 6) is 0. The highest BCUT2D eigenvalue weighted by molar-refractivity contribution is 7.48. The Labute approximate surface area is 145 Å². The number of unbranched alkanes of at least 4 members (excludes halogenated alkanes) is 2. The predicted octanol–water partition coefficient (Wildman–Crippen LogP) is 2.74. The normalized spacial score (nSPS) is 12.0. The average Bonchev–Trinajstić information content (AvgIpc) is 2.58. The number of hydrogen-bond donors (Lipinski definition) is 1. The van der Waals surface area contributed by atoms with E-state index in [1.54, 1.807) is 0 Å². The number of phosphoric ester groups is 1. The van der Waals surface area contributed by atoms with Gasteiger partial charge in [-0.15, -0.1) is 0 Å². The average molecular weight is 372 g/mol. The minimum Gasteiger partial charge on any atom is -0.379 e. The molecule has 0 saturated heterocycles. The van der Waals surface area contributed by atoms with Gasteiger partial charge in [0.25, 0.3) is 0 Å². The molecule has 0 bridgehead atoms. The smallest absolute Gasteiger partial charge is 0.379 e. The maximum absolute atomic E-state index is 12.5. The van der Waals surface area contributed by atoms with Gasteiger partial charge in [-0.1, -0.05) is 26.7 Å². The van der Waals surface area contributed by atoms with E-state index in [-0.39, 0.29) is 26.4 Å². The summed E-state index contributed by atoms with van der Waals surface area (Å²) in [4.78, 5) is 0. The Hall–Kier alpha value is -0.0500. The number of aliphatic hydroxyl groups is 1. The second-order valence-electron chi connectivity index (χ2n) is 4.92. The van der Waals surface area contributed by atoms with Crippen molar-refractivity contribution in [3.05, 3.63) is 0 Å². The molecule has 0 rings (SSSR count). The van der Waals surface area contributed by atoms with Crippen LogP contribution in [0.4, 0.5) is 0 Å². The monoisotopic (exact) mass is 372 g/mol. The summed E-state index contributed by atoms with van der Waals surface area (Å²) >= 11 is 0. The Kier molecular flexibility index (Phi) is 17.7. The lowest BCUT2D eigenvalue weighted by atomic mass is 10.4. The van der Waals surface area contributed by atoms with Crippen molar-refractivity contribution in [1.29, 1.82) is 0 Å². The minimum atomic E-state index is -3.69. The summed E-state index contributed by atoms with van der Waals surface area (Å²) in [6.07, 6.45) is 4.04. The molecule has 0 aliphatic carbocycles. The first-order valence-corrected chi connectivity index (χ1v) is 10.0. The lowest BCUT2D eigenvalue weighted by Crippen LogP contribution is -2.12. The molecule has 0 aromatic rings. The van der Waals surface area contributed by atoms with Crippen LogP contribution in [0.25, 0.3) is 0 Å². The molecular weight excluding hydrogens is 339 g/mol. The van der Waals surface area contributed by atoms with Gasteiger partial charge in [0.2, 0.25) is 0 Å². The van der Waals surface area contributed by atoms with Gasteiger partial charge in [0.1, 0.15) is 6.79 Å². The Balaban J connectivity index is 4.01. The Morgan fingerprint density at radius 1 is 0.667 bits per heavy atom. The van der Waals surface area contributed by atoms with Gasteiger partial charge < -0.3 is 19.3 Å². The predicted molar refractivity (Wildman–Crippen MR) is 90.0 cm³/mol. The summed E-state index contributed by atoms with van der Waals surface area (Å²) in [5.41, 5.74) is 0. The van der Waals surface area contributed by atoms with Crippen LogP contribution in [0.1, 0.15) is 39.5 Å². The van der Waals surface area contributed by atoms with Gasteiger partial charge in [-0.3, -0.25) is 13.6 Å². The molecule has 146 valence electrons. The quantitative estimate of drug-likeness (QED) is 0.210. The molecule has 0 spiro atoms. The maximum atomic E-state index is 12.5. The molecule has 0 fully saturated rings. The fourth-order valence-electron chi connectivity index (χ4n) is 1.50. The first-order chi connectivity index (χ1) is 11.7. The standard InChI is InChI=1S/C15H33O8P/c1-3-5-7-18-9-12-21-24(17,23-14-11-20-15-16)22-13-10-19-8-6-4-2/h16H,3-15H2,1-2H3. The fraction of sp³-hybridized carbons (Fsp3) is 1.00. The van der Waals surface area contributed by atoms with Crippen LogP contribution in [0, 0.1) is 0 Å². The molecule has 0 radical (unpaired) electrons. The molecule has 24 heavy (non-hydrogen) atoms. The molecule has 0 atom stereocenters. The van der Waals surface area contributed by atoms with Crippen molar-refractivity contribution < 1.29 is 37.5 Å². The van der Waals surface area contributed by atoms with E-state index >= 15 is 0 Å². The first-order valence-electron chi connectivity index (χ1n) is 8.56. The van der Waals surface area contributed by atoms with E-state index in [1.807, 2.05) is 0 Å². The maximum Gasteiger partial charge on any atom is 0.475 e. The van der Waals surface area contributed by atoms with E-state index in [9.17, 15) is 4.57 Å². The third-order valence-corrected chi connectivity index (χ3v) is 4.30. The highest BCUT2D eigenvalue weighted by Crippen LogP contribution is 2.49. The number of ether oxygens (including phenoxy) is 3. The number of aliphatic hydroxyl groups excluding tert-OH is 1. The third kappa shape index (κ3) is 15.5. The van der Waals surface area contributed by atoms with Crippen LogP contribution in [-0.4, -0.2) is 64.8 Å². The SMILES string of the molecule is CCCCOCCOP(=O)(OCCOCO)OCCOCCCC. The molecule has 0 saturated carbocycles. The van der Waals surface area contributed by atoms with E-state index in [0.717, 1.165) is 25.7 Å². The molecule has 0 aliphatic rings. The van der Waals surface area contributed by atoms with Crippen LogP contribution in [-0.2, 0) is 32.3 Å². The lowest BCUT2D eigenvalue weighted by molar-refractivity contribution is -0.0207. The number of phosphoric acid groups is 1. The van der Waals surface area contributed by atoms with Crippen LogP contribution in [0.5, 0.6) is 0 Å². The summed E-state index contributed by atoms with van der Waals surface area (Å²) in [7, 11) is -3.69. The van der Waals surface area contributed by atoms with Crippen LogP contribution in [0.15, 0.2) is 0 Å². The fourth-order valence-corrected chi connectivity index (χ4v) is 2.62. The zero-order chi connectivity index (χ0) is 17.9. The van der Waals surface area contributed by atoms with E-state index in [1.165, 1.54) is 0 Å². The zero-order valence-corrected chi connectivity index (χ0v) is 15.8. The van der Waals surface area contributed by atoms with Crippen molar-refractivity contribution in [3.63, 3.8) is 0 Å². The van der Waals surface area contributed by atoms with Crippen molar-refractivity contribution in [2.45, 2.75) is 39.5 Å². The molecule has 9 heteroatoms. The number of hydrogen-bond acceptors (Lipinski definition) is 8. The second kappa shape index (κ2) is 17.8. The molecule has 0 amide bonds. The van der Waals surface area contributed by atoms with Gasteiger partial charge in [-0.05, 0) is 12.8 Å². The molecule has 0 heterocycles. The topological polar surface area (TPSA) is 92.7 Å². The first kappa shape index (κ1) is 23.9. The summed E-state index contributed by atoms with van der Waals surface area (Å²) in [6.45, 7) is 5.94. The molecule has 0 aliphatic heterocycles. The molecule has 8 nitrogen and oxygen atoms in total. The third-order valence-electron chi connectivity index (χ3n) is 2.81. The molecular formula is C15H33O8P. The second-order valence-corrected chi connectivity index (χ2v) is 6.59. The van der Waals surface area contributed by atoms with Gasteiger partial charge >= 0.3 is 7.82 Å². The lowest BCUT2D eigenvalue weighted by Gasteiger charge is -2.18. The van der Waals surface area contributed by atoms with Crippen LogP contribution < -0.4 is 0 Å². The van der Waals surface area contributed by atoms with Crippen LogP contribution in [0.3, 0.4) is 0 Å². The van der Waals surface area contributed by atoms with Gasteiger partial charge in [-0.25, -0.2) is 4.57 Å². The molecule has 1 N–H and O–H groups in total. The van der Waals surface area contributed by atoms with Gasteiger partial charge in [0.05, 0.1) is 39.6 Å². The van der Waals surface area contributed by atoms with Crippen molar-refractivity contribution in [1.82, 2.24) is 0 Å². The van der Waals surface area contributed by atoms with Crippen molar-refractivity contribution in [2.75, 3.05) is 59.6 Å². The van der Waals surface area contributed by atoms with E-state index in [4.69, 9.17) is 32.9 Å². The van der Waals surface area contributed by atoms with Crippen molar-refractivity contribution in [3.8, 4) is 0 Å². The Bertz CT molecular complexity index is 283. The van der Waals surface area contributed by atoms with Gasteiger partial charge in [0, 0.05) is 13.2 Å². The minimum absolute atomic E-state index is 0.00871. The van der Waals surface area contributed by atoms with Gasteiger partial charge in [0.15, 0.2) is 0 Å². The van der Waals surface area contributed by atoms with Crippen molar-refractivity contribution >= 4 is 7.82 Å². The summed E-state index contributed by atoms with van der Waals surface area (Å²) < 4.78 is 43.5. The largest absolute Gasteiger partial charge is 0.475 e. The Morgan fingerprint density at radius 3 is 1.46 bits per heavy atom. The molecule has 0 aromatic carbocycles. The van der Waals surface area contributed by atoms with Gasteiger partial charge in [-0.2, -0.15) is 0 Å². The van der Waals surface area contributed by atoms with Crippen molar-refractivity contribution in [2.24, 2.45) is 0 Å². The Morgan fingerprint density at radius 2 is 1.08 bits per heavy atom. The van der Waals surface area contributed by atoms with Crippen LogP contribution >= 0.6 is 7.82 Å².